The molecule has 0 bridgehead atoms. The van der Waals surface area contributed by atoms with Gasteiger partial charge in [0.05, 0.1) is 12.6 Å². The molecule has 0 saturated carbocycles. The quantitative estimate of drug-likeness (QED) is 0.827. The fourth-order valence-corrected chi connectivity index (χ4v) is 3.47. The highest BCUT2D eigenvalue weighted by atomic mass is 32.1. The molecular formula is C16H27N5OS. The summed E-state index contributed by atoms with van der Waals surface area (Å²) in [7, 11) is 2.05. The lowest BCUT2D eigenvalue weighted by atomic mass is 10.2. The second kappa shape index (κ2) is 8.08. The average Bonchev–Trinajstić information content (AvgIpc) is 3.14. The van der Waals surface area contributed by atoms with E-state index in [1.807, 2.05) is 12.4 Å². The molecule has 3 rings (SSSR count). The van der Waals surface area contributed by atoms with Gasteiger partial charge in [-0.25, -0.2) is 4.98 Å². The van der Waals surface area contributed by atoms with Crippen LogP contribution in [0.2, 0.25) is 0 Å². The standard InChI is InChI=1S/C16H27N5OS/c1-19-8-5-17-15(19)13-20-6-3-7-21(10-9-20)16(23)18-12-14-4-2-11-22-14/h5,8,14H,2-4,6-7,9-13H2,1H3,(H,18,23). The molecule has 23 heavy (non-hydrogen) atoms. The van der Waals surface area contributed by atoms with Crippen LogP contribution in [0, 0.1) is 0 Å². The lowest BCUT2D eigenvalue weighted by Crippen LogP contribution is -2.44. The molecule has 1 N–H and O–H groups in total. The van der Waals surface area contributed by atoms with E-state index in [1.165, 1.54) is 6.42 Å². The van der Waals surface area contributed by atoms with Crippen LogP contribution in [0.3, 0.4) is 0 Å². The molecular weight excluding hydrogens is 310 g/mol. The molecule has 2 fully saturated rings. The van der Waals surface area contributed by atoms with E-state index in [2.05, 4.69) is 31.7 Å². The maximum Gasteiger partial charge on any atom is 0.169 e. The summed E-state index contributed by atoms with van der Waals surface area (Å²) in [5.41, 5.74) is 0. The van der Waals surface area contributed by atoms with E-state index in [0.29, 0.717) is 6.10 Å². The first kappa shape index (κ1) is 16.7. The zero-order chi connectivity index (χ0) is 16.1. The number of aromatic nitrogens is 2. The van der Waals surface area contributed by atoms with Crippen LogP contribution in [0.4, 0.5) is 0 Å². The SMILES string of the molecule is Cn1ccnc1CN1CCCN(C(=S)NCC2CCCO2)CC1. The van der Waals surface area contributed by atoms with Crippen molar-refractivity contribution in [2.24, 2.45) is 7.05 Å². The van der Waals surface area contributed by atoms with Gasteiger partial charge in [0.25, 0.3) is 0 Å². The Balaban J connectivity index is 1.44. The summed E-state index contributed by atoms with van der Waals surface area (Å²) in [5.74, 6) is 1.12. The van der Waals surface area contributed by atoms with Crippen molar-refractivity contribution >= 4 is 17.3 Å². The smallest absolute Gasteiger partial charge is 0.169 e. The van der Waals surface area contributed by atoms with Crippen molar-refractivity contribution in [3.63, 3.8) is 0 Å². The van der Waals surface area contributed by atoms with Gasteiger partial charge >= 0.3 is 0 Å². The Labute approximate surface area is 143 Å². The lowest BCUT2D eigenvalue weighted by molar-refractivity contribution is 0.113. The van der Waals surface area contributed by atoms with E-state index in [4.69, 9.17) is 17.0 Å². The first-order valence-electron chi connectivity index (χ1n) is 8.55. The molecule has 6 nitrogen and oxygen atoms in total. The molecule has 0 spiro atoms. The topological polar surface area (TPSA) is 45.6 Å². The first-order chi connectivity index (χ1) is 11.2. The van der Waals surface area contributed by atoms with E-state index in [-0.39, 0.29) is 0 Å². The summed E-state index contributed by atoms with van der Waals surface area (Å²) in [6, 6.07) is 0. The third kappa shape index (κ3) is 4.65. The number of hydrogen-bond acceptors (Lipinski definition) is 4. The molecule has 128 valence electrons. The maximum absolute atomic E-state index is 5.64. The molecule has 1 aromatic heterocycles. The number of nitrogens with zero attached hydrogens (tertiary/aromatic N) is 4. The molecule has 0 amide bonds. The van der Waals surface area contributed by atoms with Gasteiger partial charge in [-0.1, -0.05) is 0 Å². The predicted molar refractivity (Wildman–Crippen MR) is 94.2 cm³/mol. The van der Waals surface area contributed by atoms with Crippen molar-refractivity contribution in [1.29, 1.82) is 0 Å². The van der Waals surface area contributed by atoms with Crippen LogP contribution in [-0.4, -0.2) is 69.9 Å². The number of aryl methyl sites for hydroxylation is 1. The highest BCUT2D eigenvalue weighted by molar-refractivity contribution is 7.80. The Morgan fingerprint density at radius 2 is 2.26 bits per heavy atom. The molecule has 1 unspecified atom stereocenters. The van der Waals surface area contributed by atoms with Crippen LogP contribution in [-0.2, 0) is 18.3 Å². The Morgan fingerprint density at radius 1 is 1.35 bits per heavy atom. The minimum Gasteiger partial charge on any atom is -0.376 e. The highest BCUT2D eigenvalue weighted by Gasteiger charge is 2.20. The van der Waals surface area contributed by atoms with Crippen molar-refractivity contribution in [1.82, 2.24) is 24.7 Å². The van der Waals surface area contributed by atoms with Gasteiger partial charge in [0.1, 0.15) is 5.82 Å². The van der Waals surface area contributed by atoms with Crippen LogP contribution in [0.15, 0.2) is 12.4 Å². The molecule has 0 radical (unpaired) electrons. The van der Waals surface area contributed by atoms with Gasteiger partial charge in [0.15, 0.2) is 5.11 Å². The number of nitrogens with one attached hydrogen (secondary N) is 1. The van der Waals surface area contributed by atoms with Crippen LogP contribution in [0.5, 0.6) is 0 Å². The predicted octanol–water partition coefficient (Wildman–Crippen LogP) is 0.981. The van der Waals surface area contributed by atoms with Gasteiger partial charge < -0.3 is 19.5 Å². The van der Waals surface area contributed by atoms with Gasteiger partial charge in [-0.05, 0) is 31.5 Å². The number of imidazole rings is 1. The summed E-state index contributed by atoms with van der Waals surface area (Å²) in [4.78, 5) is 9.18. The summed E-state index contributed by atoms with van der Waals surface area (Å²) >= 11 is 5.57. The van der Waals surface area contributed by atoms with E-state index >= 15 is 0 Å². The average molecular weight is 337 g/mol. The molecule has 0 aliphatic carbocycles. The number of ether oxygens (including phenoxy) is 1. The Kier molecular flexibility index (Phi) is 5.85. The molecule has 3 heterocycles. The molecule has 0 aromatic carbocycles. The summed E-state index contributed by atoms with van der Waals surface area (Å²) in [5, 5.41) is 4.26. The Bertz CT molecular complexity index is 514. The second-order valence-electron chi connectivity index (χ2n) is 6.39. The molecule has 2 aliphatic rings. The number of rotatable bonds is 4. The van der Waals surface area contributed by atoms with Crippen molar-refractivity contribution in [3.8, 4) is 0 Å². The summed E-state index contributed by atoms with van der Waals surface area (Å²) < 4.78 is 7.74. The van der Waals surface area contributed by atoms with Crippen LogP contribution < -0.4 is 5.32 Å². The molecule has 1 atom stereocenters. The van der Waals surface area contributed by atoms with Crippen molar-refractivity contribution in [2.75, 3.05) is 39.3 Å². The van der Waals surface area contributed by atoms with E-state index in [0.717, 1.165) is 69.7 Å². The normalized spacial score (nSPS) is 23.0. The van der Waals surface area contributed by atoms with E-state index in [9.17, 15) is 0 Å². The van der Waals surface area contributed by atoms with Crippen LogP contribution in [0.25, 0.3) is 0 Å². The summed E-state index contributed by atoms with van der Waals surface area (Å²) in [6.45, 7) is 6.76. The fraction of sp³-hybridized carbons (Fsp3) is 0.750. The fourth-order valence-electron chi connectivity index (χ4n) is 3.20. The molecule has 1 aromatic rings. The van der Waals surface area contributed by atoms with Gasteiger partial charge in [0.2, 0.25) is 0 Å². The molecule has 7 heteroatoms. The minimum absolute atomic E-state index is 0.333. The monoisotopic (exact) mass is 337 g/mol. The minimum atomic E-state index is 0.333. The van der Waals surface area contributed by atoms with E-state index < -0.39 is 0 Å². The van der Waals surface area contributed by atoms with Crippen LogP contribution in [0.1, 0.15) is 25.1 Å². The van der Waals surface area contributed by atoms with Gasteiger partial charge in [-0.2, -0.15) is 0 Å². The number of hydrogen-bond donors (Lipinski definition) is 1. The van der Waals surface area contributed by atoms with Crippen molar-refractivity contribution < 1.29 is 4.74 Å². The second-order valence-corrected chi connectivity index (χ2v) is 6.78. The largest absolute Gasteiger partial charge is 0.376 e. The Morgan fingerprint density at radius 3 is 3.00 bits per heavy atom. The number of thiocarbonyl (C=S) groups is 1. The van der Waals surface area contributed by atoms with Crippen molar-refractivity contribution in [2.45, 2.75) is 31.9 Å². The highest BCUT2D eigenvalue weighted by Crippen LogP contribution is 2.11. The zero-order valence-electron chi connectivity index (χ0n) is 13.9. The summed E-state index contributed by atoms with van der Waals surface area (Å²) in [6.07, 6.45) is 7.65. The Hall–Kier alpha value is -1.18. The van der Waals surface area contributed by atoms with Gasteiger partial charge in [-0.15, -0.1) is 0 Å². The third-order valence-corrected chi connectivity index (χ3v) is 5.07. The van der Waals surface area contributed by atoms with Crippen molar-refractivity contribution in [3.05, 3.63) is 18.2 Å². The lowest BCUT2D eigenvalue weighted by Gasteiger charge is -2.25. The van der Waals surface area contributed by atoms with E-state index in [1.54, 1.807) is 0 Å². The third-order valence-electron chi connectivity index (χ3n) is 4.67. The zero-order valence-corrected chi connectivity index (χ0v) is 14.7. The maximum atomic E-state index is 5.64. The molecule has 2 aliphatic heterocycles. The van der Waals surface area contributed by atoms with Gasteiger partial charge in [0, 0.05) is 58.8 Å². The molecule has 2 saturated heterocycles. The van der Waals surface area contributed by atoms with Crippen LogP contribution >= 0.6 is 12.2 Å². The first-order valence-corrected chi connectivity index (χ1v) is 8.96. The van der Waals surface area contributed by atoms with Gasteiger partial charge in [-0.3, -0.25) is 4.90 Å².